The van der Waals surface area contributed by atoms with Gasteiger partial charge < -0.3 is 10.3 Å². The number of hydrogen-bond acceptors (Lipinski definition) is 3. The number of aromatic nitrogens is 4. The molecule has 0 spiro atoms. The van der Waals surface area contributed by atoms with E-state index in [1.807, 2.05) is 32.2 Å². The Kier molecular flexibility index (Phi) is 2.11. The first-order chi connectivity index (χ1) is 8.25. The molecule has 0 aliphatic carbocycles. The van der Waals surface area contributed by atoms with E-state index in [1.54, 1.807) is 6.20 Å². The molecule has 0 unspecified atom stereocenters. The van der Waals surface area contributed by atoms with Gasteiger partial charge in [-0.2, -0.15) is 5.10 Å². The molecular weight excluding hydrogens is 214 g/mol. The van der Waals surface area contributed by atoms with E-state index < -0.39 is 0 Å². The molecule has 5 heteroatoms. The molecule has 0 radical (unpaired) electrons. The Labute approximate surface area is 98.3 Å². The minimum absolute atomic E-state index is 0.851. The van der Waals surface area contributed by atoms with Gasteiger partial charge in [-0.05, 0) is 26.0 Å². The summed E-state index contributed by atoms with van der Waals surface area (Å²) in [6.07, 6.45) is 3.67. The molecule has 3 aromatic rings. The topological polar surface area (TPSA) is 69.4 Å². The van der Waals surface area contributed by atoms with Crippen molar-refractivity contribution >= 4 is 22.5 Å². The molecule has 0 aromatic carbocycles. The summed E-state index contributed by atoms with van der Waals surface area (Å²) in [6, 6.07) is 3.88. The minimum atomic E-state index is 0.851. The van der Waals surface area contributed by atoms with Crippen molar-refractivity contribution in [3.63, 3.8) is 0 Å². The Hall–Kier alpha value is -2.30. The Morgan fingerprint density at radius 2 is 2.12 bits per heavy atom. The van der Waals surface area contributed by atoms with Gasteiger partial charge in [0.15, 0.2) is 5.82 Å². The fourth-order valence-electron chi connectivity index (χ4n) is 1.80. The molecule has 0 aliphatic rings. The molecule has 0 atom stereocenters. The van der Waals surface area contributed by atoms with Crippen LogP contribution in [-0.4, -0.2) is 20.2 Å². The van der Waals surface area contributed by atoms with Gasteiger partial charge in [0.25, 0.3) is 0 Å². The van der Waals surface area contributed by atoms with E-state index in [0.717, 1.165) is 33.8 Å². The maximum atomic E-state index is 4.27. The van der Waals surface area contributed by atoms with Crippen LogP contribution in [0.3, 0.4) is 0 Å². The fourth-order valence-corrected chi connectivity index (χ4v) is 1.80. The molecule has 3 aromatic heterocycles. The number of fused-ring (bicyclic) bond motifs is 1. The van der Waals surface area contributed by atoms with Gasteiger partial charge in [-0.3, -0.25) is 10.1 Å². The van der Waals surface area contributed by atoms with Crippen molar-refractivity contribution in [2.45, 2.75) is 13.8 Å². The predicted molar refractivity (Wildman–Crippen MR) is 67.4 cm³/mol. The average Bonchev–Trinajstić information content (AvgIpc) is 2.91. The molecule has 5 nitrogen and oxygen atoms in total. The maximum Gasteiger partial charge on any atom is 0.155 e. The number of nitrogens with zero attached hydrogens (tertiary/aromatic N) is 2. The third kappa shape index (κ3) is 1.56. The molecule has 0 saturated carbocycles. The fraction of sp³-hybridized carbons (Fsp3) is 0.167. The van der Waals surface area contributed by atoms with Crippen molar-refractivity contribution in [2.75, 3.05) is 5.32 Å². The monoisotopic (exact) mass is 227 g/mol. The molecule has 3 heterocycles. The van der Waals surface area contributed by atoms with Crippen molar-refractivity contribution in [1.82, 2.24) is 20.2 Å². The van der Waals surface area contributed by atoms with Gasteiger partial charge in [-0.25, -0.2) is 0 Å². The lowest BCUT2D eigenvalue weighted by molar-refractivity contribution is 1.05. The number of H-pyrrole nitrogens is 2. The summed E-state index contributed by atoms with van der Waals surface area (Å²) in [5.41, 5.74) is 5.12. The highest BCUT2D eigenvalue weighted by molar-refractivity contribution is 5.89. The van der Waals surface area contributed by atoms with Crippen LogP contribution in [0.4, 0.5) is 11.5 Å². The van der Waals surface area contributed by atoms with E-state index in [4.69, 9.17) is 0 Å². The molecule has 3 N–H and O–H groups in total. The maximum absolute atomic E-state index is 4.27. The zero-order valence-corrected chi connectivity index (χ0v) is 9.70. The summed E-state index contributed by atoms with van der Waals surface area (Å²) in [7, 11) is 0. The number of anilines is 2. The van der Waals surface area contributed by atoms with E-state index in [0.29, 0.717) is 0 Å². The van der Waals surface area contributed by atoms with Gasteiger partial charge in [-0.1, -0.05) is 0 Å². The summed E-state index contributed by atoms with van der Waals surface area (Å²) >= 11 is 0. The Morgan fingerprint density at radius 1 is 1.24 bits per heavy atom. The lowest BCUT2D eigenvalue weighted by Crippen LogP contribution is -1.94. The van der Waals surface area contributed by atoms with Crippen molar-refractivity contribution in [3.05, 3.63) is 35.8 Å². The van der Waals surface area contributed by atoms with E-state index in [1.165, 1.54) is 0 Å². The van der Waals surface area contributed by atoms with Gasteiger partial charge in [-0.15, -0.1) is 0 Å². The summed E-state index contributed by atoms with van der Waals surface area (Å²) in [6.45, 7) is 4.04. The molecule has 0 fully saturated rings. The third-order valence-corrected chi connectivity index (χ3v) is 2.96. The molecular formula is C12H13N5. The molecule has 86 valence electrons. The highest BCUT2D eigenvalue weighted by Gasteiger charge is 2.08. The number of aromatic amines is 2. The van der Waals surface area contributed by atoms with Gasteiger partial charge in [0.1, 0.15) is 0 Å². The second-order valence-electron chi connectivity index (χ2n) is 4.04. The van der Waals surface area contributed by atoms with E-state index in [-0.39, 0.29) is 0 Å². The molecule has 17 heavy (non-hydrogen) atoms. The summed E-state index contributed by atoms with van der Waals surface area (Å²) < 4.78 is 0. The predicted octanol–water partition coefficient (Wildman–Crippen LogP) is 2.65. The number of nitrogens with one attached hydrogen (secondary N) is 3. The Morgan fingerprint density at radius 3 is 2.88 bits per heavy atom. The van der Waals surface area contributed by atoms with Crippen LogP contribution < -0.4 is 5.32 Å². The van der Waals surface area contributed by atoms with Crippen LogP contribution in [0.5, 0.6) is 0 Å². The van der Waals surface area contributed by atoms with E-state index in [9.17, 15) is 0 Å². The highest BCUT2D eigenvalue weighted by Crippen LogP contribution is 2.24. The summed E-state index contributed by atoms with van der Waals surface area (Å²) in [5, 5.41) is 10.5. The summed E-state index contributed by atoms with van der Waals surface area (Å²) in [4.78, 5) is 7.44. The number of pyridine rings is 1. The van der Waals surface area contributed by atoms with Crippen LogP contribution in [0, 0.1) is 13.8 Å². The van der Waals surface area contributed by atoms with E-state index >= 15 is 0 Å². The molecule has 0 amide bonds. The Bertz CT molecular complexity index is 664. The van der Waals surface area contributed by atoms with Crippen LogP contribution in [0.15, 0.2) is 24.5 Å². The molecule has 0 bridgehead atoms. The zero-order chi connectivity index (χ0) is 11.8. The zero-order valence-electron chi connectivity index (χ0n) is 9.70. The first-order valence-electron chi connectivity index (χ1n) is 5.46. The largest absolute Gasteiger partial charge is 0.358 e. The molecule has 3 rings (SSSR count). The SMILES string of the molecule is Cc1[nH]nc(Nc2ccnc3cc[nH]c23)c1C. The molecule has 0 aliphatic heterocycles. The van der Waals surface area contributed by atoms with Crippen molar-refractivity contribution in [3.8, 4) is 0 Å². The van der Waals surface area contributed by atoms with E-state index in [2.05, 4.69) is 25.5 Å². The van der Waals surface area contributed by atoms with Crippen LogP contribution in [-0.2, 0) is 0 Å². The van der Waals surface area contributed by atoms with Crippen molar-refractivity contribution < 1.29 is 0 Å². The van der Waals surface area contributed by atoms with Crippen molar-refractivity contribution in [1.29, 1.82) is 0 Å². The van der Waals surface area contributed by atoms with Gasteiger partial charge >= 0.3 is 0 Å². The van der Waals surface area contributed by atoms with Crippen LogP contribution in [0.1, 0.15) is 11.3 Å². The van der Waals surface area contributed by atoms with Gasteiger partial charge in [0, 0.05) is 23.7 Å². The minimum Gasteiger partial charge on any atom is -0.358 e. The quantitative estimate of drug-likeness (QED) is 0.630. The first-order valence-corrected chi connectivity index (χ1v) is 5.46. The Balaban J connectivity index is 2.05. The smallest absolute Gasteiger partial charge is 0.155 e. The van der Waals surface area contributed by atoms with Crippen LogP contribution in [0.2, 0.25) is 0 Å². The van der Waals surface area contributed by atoms with Gasteiger partial charge in [0.05, 0.1) is 16.7 Å². The number of hydrogen-bond donors (Lipinski definition) is 3. The second-order valence-corrected chi connectivity index (χ2v) is 4.04. The first kappa shape index (κ1) is 9.89. The van der Waals surface area contributed by atoms with Crippen molar-refractivity contribution in [2.24, 2.45) is 0 Å². The standard InChI is InChI=1S/C12H13N5/c1-7-8(2)16-17-12(7)15-10-4-5-13-9-3-6-14-11(9)10/h3-6,14H,1-2H3,(H2,13,15,16,17). The third-order valence-electron chi connectivity index (χ3n) is 2.96. The molecule has 0 saturated heterocycles. The lowest BCUT2D eigenvalue weighted by Gasteiger charge is -2.05. The van der Waals surface area contributed by atoms with Gasteiger partial charge in [0.2, 0.25) is 0 Å². The highest BCUT2D eigenvalue weighted by atomic mass is 15.2. The van der Waals surface area contributed by atoms with Crippen LogP contribution >= 0.6 is 0 Å². The second kappa shape index (κ2) is 3.62. The number of aryl methyl sites for hydroxylation is 1. The lowest BCUT2D eigenvalue weighted by atomic mass is 10.2. The normalized spacial score (nSPS) is 10.9. The average molecular weight is 227 g/mol. The number of rotatable bonds is 2. The summed E-state index contributed by atoms with van der Waals surface area (Å²) in [5.74, 6) is 0.851. The van der Waals surface area contributed by atoms with Crippen LogP contribution in [0.25, 0.3) is 11.0 Å².